The third-order valence-electron chi connectivity index (χ3n) is 5.22. The predicted molar refractivity (Wildman–Crippen MR) is 132 cm³/mol. The lowest BCUT2D eigenvalue weighted by Gasteiger charge is -2.27. The van der Waals surface area contributed by atoms with Crippen LogP contribution in [0.15, 0.2) is 72.3 Å². The molecule has 0 bridgehead atoms. The Kier molecular flexibility index (Phi) is 7.12. The van der Waals surface area contributed by atoms with Crippen molar-refractivity contribution < 1.29 is 28.3 Å². The number of rotatable bonds is 6. The monoisotopic (exact) mass is 507 g/mol. The minimum Gasteiger partial charge on any atom is -0.484 e. The largest absolute Gasteiger partial charge is 0.484 e. The van der Waals surface area contributed by atoms with Crippen LogP contribution in [0, 0.1) is 12.7 Å². The van der Waals surface area contributed by atoms with Crippen LogP contribution in [0.2, 0.25) is 5.02 Å². The highest BCUT2D eigenvalue weighted by atomic mass is 35.5. The number of carbonyl (C=O) groups is 4. The minimum atomic E-state index is -0.870. The lowest BCUT2D eigenvalue weighted by molar-refractivity contribution is -0.122. The molecule has 0 aromatic heterocycles. The van der Waals surface area contributed by atoms with Crippen LogP contribution in [-0.4, -0.2) is 30.4 Å². The number of halogens is 2. The lowest BCUT2D eigenvalue weighted by atomic mass is 10.1. The van der Waals surface area contributed by atoms with Crippen LogP contribution in [0.5, 0.6) is 5.75 Å². The number of imide groups is 2. The zero-order valence-corrected chi connectivity index (χ0v) is 19.6. The highest BCUT2D eigenvalue weighted by molar-refractivity contribution is 6.39. The van der Waals surface area contributed by atoms with E-state index in [2.05, 4.69) is 10.6 Å². The van der Waals surface area contributed by atoms with E-state index in [0.29, 0.717) is 21.9 Å². The van der Waals surface area contributed by atoms with E-state index < -0.39 is 29.6 Å². The van der Waals surface area contributed by atoms with Gasteiger partial charge in [-0.25, -0.2) is 14.1 Å². The Balaban J connectivity index is 1.46. The van der Waals surface area contributed by atoms with Gasteiger partial charge in [0.15, 0.2) is 6.61 Å². The van der Waals surface area contributed by atoms with Crippen LogP contribution in [0.4, 0.5) is 20.6 Å². The number of barbiturate groups is 1. The number of nitrogens with one attached hydrogen (secondary N) is 2. The first kappa shape index (κ1) is 24.6. The number of nitrogens with zero attached hydrogens (tertiary/aromatic N) is 1. The Hall–Kier alpha value is -4.50. The Bertz CT molecular complexity index is 1400. The second-order valence-electron chi connectivity index (χ2n) is 7.77. The van der Waals surface area contributed by atoms with Crippen LogP contribution >= 0.6 is 11.6 Å². The molecule has 0 saturated carbocycles. The number of hydrogen-bond acceptors (Lipinski definition) is 5. The molecule has 0 unspecified atom stereocenters. The van der Waals surface area contributed by atoms with Crippen molar-refractivity contribution in [2.75, 3.05) is 16.8 Å². The Morgan fingerprint density at radius 1 is 1.08 bits per heavy atom. The summed E-state index contributed by atoms with van der Waals surface area (Å²) in [5.74, 6) is -2.39. The summed E-state index contributed by atoms with van der Waals surface area (Å²) in [6.45, 7) is 1.35. The standard InChI is InChI=1S/C26H19ClFN3O5/c1-15-6-9-17(27)13-22(15)31-25(34)19(24(33)30-26(31)35)12-16-7-10-18(11-8-16)36-14-23(32)29-21-5-3-2-4-20(21)28/h2-13H,14H2,1H3,(H,29,32)(H,30,33,35)/b19-12+. The molecule has 8 nitrogen and oxygen atoms in total. The van der Waals surface area contributed by atoms with Crippen molar-refractivity contribution in [2.45, 2.75) is 6.92 Å². The number of ether oxygens (including phenoxy) is 1. The molecule has 1 heterocycles. The summed E-state index contributed by atoms with van der Waals surface area (Å²) in [4.78, 5) is 50.8. The highest BCUT2D eigenvalue weighted by Crippen LogP contribution is 2.28. The van der Waals surface area contributed by atoms with Crippen LogP contribution in [-0.2, 0) is 14.4 Å². The predicted octanol–water partition coefficient (Wildman–Crippen LogP) is 4.47. The van der Waals surface area contributed by atoms with E-state index in [1.807, 2.05) is 0 Å². The maximum absolute atomic E-state index is 13.6. The second kappa shape index (κ2) is 10.4. The lowest BCUT2D eigenvalue weighted by Crippen LogP contribution is -2.54. The van der Waals surface area contributed by atoms with Crippen molar-refractivity contribution >= 4 is 52.8 Å². The van der Waals surface area contributed by atoms with Crippen LogP contribution in [0.3, 0.4) is 0 Å². The molecular formula is C26H19ClFN3O5. The number of amides is 5. The van der Waals surface area contributed by atoms with Gasteiger partial charge in [-0.3, -0.25) is 19.7 Å². The molecule has 10 heteroatoms. The molecular weight excluding hydrogens is 489 g/mol. The summed E-state index contributed by atoms with van der Waals surface area (Å²) in [7, 11) is 0. The molecule has 0 radical (unpaired) electrons. The first-order valence-electron chi connectivity index (χ1n) is 10.7. The fourth-order valence-corrected chi connectivity index (χ4v) is 3.59. The molecule has 0 spiro atoms. The quantitative estimate of drug-likeness (QED) is 0.378. The van der Waals surface area contributed by atoms with Gasteiger partial charge >= 0.3 is 6.03 Å². The first-order valence-corrected chi connectivity index (χ1v) is 11.1. The summed E-state index contributed by atoms with van der Waals surface area (Å²) >= 11 is 6.03. The van der Waals surface area contributed by atoms with E-state index in [4.69, 9.17) is 16.3 Å². The summed E-state index contributed by atoms with van der Waals surface area (Å²) in [5, 5.41) is 4.91. The molecule has 182 valence electrons. The first-order chi connectivity index (χ1) is 17.2. The van der Waals surface area contributed by atoms with Gasteiger partial charge in [0.05, 0.1) is 11.4 Å². The number of urea groups is 1. The van der Waals surface area contributed by atoms with E-state index in [0.717, 1.165) is 4.90 Å². The average molecular weight is 508 g/mol. The third-order valence-corrected chi connectivity index (χ3v) is 5.46. The van der Waals surface area contributed by atoms with Crippen molar-refractivity contribution in [1.82, 2.24) is 5.32 Å². The average Bonchev–Trinajstić information content (AvgIpc) is 2.84. The van der Waals surface area contributed by atoms with E-state index in [-0.39, 0.29) is 23.6 Å². The molecule has 3 aromatic carbocycles. The van der Waals surface area contributed by atoms with Crippen molar-refractivity contribution in [2.24, 2.45) is 0 Å². The van der Waals surface area contributed by atoms with Gasteiger partial charge in [0, 0.05) is 5.02 Å². The van der Waals surface area contributed by atoms with Crippen molar-refractivity contribution in [1.29, 1.82) is 0 Å². The zero-order chi connectivity index (χ0) is 25.8. The molecule has 1 aliphatic rings. The van der Waals surface area contributed by atoms with E-state index in [1.165, 1.54) is 42.5 Å². The van der Waals surface area contributed by atoms with Crippen LogP contribution in [0.25, 0.3) is 6.08 Å². The van der Waals surface area contributed by atoms with E-state index >= 15 is 0 Å². The van der Waals surface area contributed by atoms with E-state index in [9.17, 15) is 23.6 Å². The number of hydrogen-bond donors (Lipinski definition) is 2. The van der Waals surface area contributed by atoms with Crippen molar-refractivity contribution in [3.63, 3.8) is 0 Å². The Morgan fingerprint density at radius 2 is 1.81 bits per heavy atom. The number of aryl methyl sites for hydroxylation is 1. The van der Waals surface area contributed by atoms with Gasteiger partial charge in [0.2, 0.25) is 0 Å². The molecule has 36 heavy (non-hydrogen) atoms. The number of carbonyl (C=O) groups excluding carboxylic acids is 4. The molecule has 1 saturated heterocycles. The molecule has 4 rings (SSSR count). The fraction of sp³-hybridized carbons (Fsp3) is 0.0769. The molecule has 0 aliphatic carbocycles. The van der Waals surface area contributed by atoms with Gasteiger partial charge < -0.3 is 10.1 Å². The summed E-state index contributed by atoms with van der Waals surface area (Å²) < 4.78 is 19.1. The Morgan fingerprint density at radius 3 is 2.53 bits per heavy atom. The van der Waals surface area contributed by atoms with Gasteiger partial charge in [-0.05, 0) is 60.5 Å². The molecule has 0 atom stereocenters. The molecule has 2 N–H and O–H groups in total. The summed E-state index contributed by atoms with van der Waals surface area (Å²) in [6.07, 6.45) is 1.34. The molecule has 3 aromatic rings. The van der Waals surface area contributed by atoms with E-state index in [1.54, 1.807) is 37.3 Å². The van der Waals surface area contributed by atoms with Crippen molar-refractivity contribution in [3.05, 3.63) is 94.3 Å². The van der Waals surface area contributed by atoms with Crippen LogP contribution in [0.1, 0.15) is 11.1 Å². The zero-order valence-electron chi connectivity index (χ0n) is 18.9. The maximum atomic E-state index is 13.6. The molecule has 1 fully saturated rings. The van der Waals surface area contributed by atoms with Gasteiger partial charge in [-0.1, -0.05) is 41.9 Å². The molecule has 1 aliphatic heterocycles. The smallest absolute Gasteiger partial charge is 0.335 e. The maximum Gasteiger partial charge on any atom is 0.335 e. The van der Waals surface area contributed by atoms with Gasteiger partial charge in [0.25, 0.3) is 17.7 Å². The number of anilines is 2. The summed E-state index contributed by atoms with van der Waals surface area (Å²) in [5.41, 5.74) is 1.17. The van der Waals surface area contributed by atoms with Crippen LogP contribution < -0.4 is 20.3 Å². The highest BCUT2D eigenvalue weighted by Gasteiger charge is 2.37. The topological polar surface area (TPSA) is 105 Å². The Labute approximate surface area is 210 Å². The second-order valence-corrected chi connectivity index (χ2v) is 8.21. The van der Waals surface area contributed by atoms with Gasteiger partial charge in [-0.2, -0.15) is 0 Å². The fourth-order valence-electron chi connectivity index (χ4n) is 3.42. The van der Waals surface area contributed by atoms with Gasteiger partial charge in [-0.15, -0.1) is 0 Å². The number of benzene rings is 3. The SMILES string of the molecule is Cc1ccc(Cl)cc1N1C(=O)NC(=O)/C(=C\c2ccc(OCC(=O)Nc3ccccc3F)cc2)C1=O. The third kappa shape index (κ3) is 5.42. The van der Waals surface area contributed by atoms with Crippen molar-refractivity contribution in [3.8, 4) is 5.75 Å². The summed E-state index contributed by atoms with van der Waals surface area (Å²) in [6, 6.07) is 15.9. The van der Waals surface area contributed by atoms with Gasteiger partial charge in [0.1, 0.15) is 17.1 Å². The normalized spacial score (nSPS) is 14.6. The minimum absolute atomic E-state index is 0.0454. The molecule has 5 amide bonds. The number of para-hydroxylation sites is 1.